The maximum atomic E-state index is 7.76. The number of hydrogen-bond donors (Lipinski definition) is 1. The van der Waals surface area contributed by atoms with Crippen LogP contribution in [0.25, 0.3) is 11.0 Å². The van der Waals surface area contributed by atoms with Crippen LogP contribution in [0.4, 0.5) is 0 Å². The van der Waals surface area contributed by atoms with Crippen LogP contribution in [0.15, 0.2) is 18.1 Å². The first kappa shape index (κ1) is 1.89. The Labute approximate surface area is 77.9 Å². The molecule has 0 aliphatic heterocycles. The summed E-state index contributed by atoms with van der Waals surface area (Å²) < 4.78 is 66.8. The van der Waals surface area contributed by atoms with E-state index in [2.05, 4.69) is 9.97 Å². The van der Waals surface area contributed by atoms with E-state index in [0.29, 0.717) is 0 Å². The van der Waals surface area contributed by atoms with Gasteiger partial charge in [-0.25, -0.2) is 0 Å². The third-order valence-corrected chi connectivity index (χ3v) is 1.26. The first-order valence-electron chi connectivity index (χ1n) is 7.45. The quantitative estimate of drug-likeness (QED) is 0.620. The number of rotatable bonds is 0. The summed E-state index contributed by atoms with van der Waals surface area (Å²) in [6.45, 7) is -5.31. The molecular formula is C9H10N2. The van der Waals surface area contributed by atoms with E-state index in [1.54, 1.807) is 0 Å². The van der Waals surface area contributed by atoms with Crippen molar-refractivity contribution in [3.8, 4) is 0 Å². The summed E-state index contributed by atoms with van der Waals surface area (Å²) in [5, 5.41) is 0. The SMILES string of the molecule is [2H]c1c(C([2H])([2H])[2H])nc2c([2H])c(C([2H])([2H])[2H])[nH]c2c1[2H]. The van der Waals surface area contributed by atoms with Gasteiger partial charge in [0, 0.05) is 19.6 Å². The van der Waals surface area contributed by atoms with Crippen molar-refractivity contribution in [3.63, 3.8) is 0 Å². The Morgan fingerprint density at radius 2 is 2.55 bits per heavy atom. The normalized spacial score (nSPS) is 24.9. The van der Waals surface area contributed by atoms with Gasteiger partial charge in [0.1, 0.15) is 0 Å². The molecule has 0 saturated carbocycles. The van der Waals surface area contributed by atoms with Gasteiger partial charge in [-0.1, -0.05) is 0 Å². The fourth-order valence-electron chi connectivity index (χ4n) is 0.832. The molecule has 11 heavy (non-hydrogen) atoms. The van der Waals surface area contributed by atoms with Crippen molar-refractivity contribution in [1.82, 2.24) is 9.97 Å². The second-order valence-electron chi connectivity index (χ2n) is 2.06. The van der Waals surface area contributed by atoms with E-state index < -0.39 is 43.2 Å². The third-order valence-electron chi connectivity index (χ3n) is 1.26. The lowest BCUT2D eigenvalue weighted by atomic mass is 10.3. The Kier molecular flexibility index (Phi) is 0.358. The maximum Gasteiger partial charge on any atom is 0.0884 e. The molecule has 2 aromatic heterocycles. The van der Waals surface area contributed by atoms with Gasteiger partial charge in [-0.05, 0) is 31.8 Å². The number of H-pyrrole nitrogens is 1. The molecule has 0 spiro atoms. The first-order valence-corrected chi connectivity index (χ1v) is 2.95. The van der Waals surface area contributed by atoms with E-state index in [0.717, 1.165) is 0 Å². The van der Waals surface area contributed by atoms with Crippen LogP contribution >= 0.6 is 0 Å². The summed E-state index contributed by atoms with van der Waals surface area (Å²) in [6, 6.07) is -1.56. The predicted molar refractivity (Wildman–Crippen MR) is 45.6 cm³/mol. The average molecular weight is 155 g/mol. The van der Waals surface area contributed by atoms with Gasteiger partial charge in [-0.3, -0.25) is 4.98 Å². The molecule has 0 amide bonds. The minimum Gasteiger partial charge on any atom is -0.357 e. The Bertz CT molecular complexity index is 679. The molecule has 1 N–H and O–H groups in total. The summed E-state index contributed by atoms with van der Waals surface area (Å²) in [6.07, 6.45) is 0. The van der Waals surface area contributed by atoms with Gasteiger partial charge in [0.05, 0.1) is 15.1 Å². The molecule has 0 bridgehead atoms. The van der Waals surface area contributed by atoms with Crippen molar-refractivity contribution < 1.29 is 12.3 Å². The molecule has 0 aliphatic rings. The lowest BCUT2D eigenvalue weighted by Crippen LogP contribution is -1.78. The molecule has 0 unspecified atom stereocenters. The highest BCUT2D eigenvalue weighted by Gasteiger charge is 1.96. The number of hydrogen-bond acceptors (Lipinski definition) is 1. The van der Waals surface area contributed by atoms with E-state index in [9.17, 15) is 0 Å². The van der Waals surface area contributed by atoms with Crippen molar-refractivity contribution in [1.29, 1.82) is 0 Å². The highest BCUT2D eigenvalue weighted by Crippen LogP contribution is 2.12. The molecule has 0 aromatic carbocycles. The summed E-state index contributed by atoms with van der Waals surface area (Å²) >= 11 is 0. The van der Waals surface area contributed by atoms with Crippen LogP contribution in [-0.2, 0) is 0 Å². The highest BCUT2D eigenvalue weighted by molar-refractivity contribution is 5.75. The van der Waals surface area contributed by atoms with Crippen LogP contribution in [0.3, 0.4) is 0 Å². The second kappa shape index (κ2) is 2.09. The Morgan fingerprint density at radius 3 is 3.36 bits per heavy atom. The predicted octanol–water partition coefficient (Wildman–Crippen LogP) is 2.18. The van der Waals surface area contributed by atoms with E-state index >= 15 is 0 Å². The zero-order valence-corrected chi connectivity index (χ0v) is 5.45. The molecule has 56 valence electrons. The third kappa shape index (κ3) is 1.00. The van der Waals surface area contributed by atoms with Crippen LogP contribution in [0.5, 0.6) is 0 Å². The average Bonchev–Trinajstić information content (AvgIpc) is 2.59. The monoisotopic (exact) mass is 155 g/mol. The maximum absolute atomic E-state index is 7.76. The molecule has 0 saturated heterocycles. The summed E-state index contributed by atoms with van der Waals surface area (Å²) in [7, 11) is 0. The van der Waals surface area contributed by atoms with Crippen LogP contribution in [0, 0.1) is 13.7 Å². The Balaban J connectivity index is 2.88. The van der Waals surface area contributed by atoms with Crippen molar-refractivity contribution in [2.75, 3.05) is 0 Å². The standard InChI is InChI=1S/C9H10N2/c1-6-3-4-8-9(10-6)5-7(2)11-8/h3-5,11H,1-2H3/i1D3,2D3,3D,4D,5D. The molecule has 0 aliphatic carbocycles. The van der Waals surface area contributed by atoms with Gasteiger partial charge < -0.3 is 4.98 Å². The van der Waals surface area contributed by atoms with E-state index in [4.69, 9.17) is 12.3 Å². The van der Waals surface area contributed by atoms with E-state index in [-0.39, 0.29) is 11.0 Å². The van der Waals surface area contributed by atoms with Gasteiger partial charge in [0.15, 0.2) is 0 Å². The zero-order valence-electron chi connectivity index (χ0n) is 14.4. The lowest BCUT2D eigenvalue weighted by Gasteiger charge is -1.89. The Hall–Kier alpha value is -1.31. The molecule has 2 heteroatoms. The molecule has 0 fully saturated rings. The number of nitrogens with zero attached hydrogens (tertiary/aromatic N) is 1. The largest absolute Gasteiger partial charge is 0.357 e. The number of aromatic nitrogens is 2. The molecule has 2 aromatic rings. The second-order valence-corrected chi connectivity index (χ2v) is 2.06. The van der Waals surface area contributed by atoms with Crippen molar-refractivity contribution >= 4 is 11.0 Å². The molecule has 2 nitrogen and oxygen atoms in total. The van der Waals surface area contributed by atoms with Gasteiger partial charge in [-0.2, -0.15) is 0 Å². The van der Waals surface area contributed by atoms with Crippen LogP contribution in [0.2, 0.25) is 0 Å². The Morgan fingerprint density at radius 1 is 1.55 bits per heavy atom. The summed E-state index contributed by atoms with van der Waals surface area (Å²) in [4.78, 5) is 6.09. The smallest absolute Gasteiger partial charge is 0.0884 e. The molecule has 2 heterocycles. The van der Waals surface area contributed by atoms with E-state index in [1.807, 2.05) is 0 Å². The minimum absolute atomic E-state index is 0.112. The fraction of sp³-hybridized carbons (Fsp3) is 0.222. The van der Waals surface area contributed by atoms with Crippen LogP contribution in [0.1, 0.15) is 23.7 Å². The van der Waals surface area contributed by atoms with Crippen molar-refractivity contribution in [3.05, 3.63) is 29.5 Å². The van der Waals surface area contributed by atoms with Crippen molar-refractivity contribution in [2.24, 2.45) is 0 Å². The van der Waals surface area contributed by atoms with Gasteiger partial charge in [-0.15, -0.1) is 0 Å². The molecule has 0 radical (unpaired) electrons. The van der Waals surface area contributed by atoms with Crippen LogP contribution in [-0.4, -0.2) is 9.97 Å². The summed E-state index contributed by atoms with van der Waals surface area (Å²) in [5.41, 5.74) is -1.36. The number of nitrogens with one attached hydrogen (secondary N) is 1. The van der Waals surface area contributed by atoms with Crippen LogP contribution < -0.4 is 0 Å². The van der Waals surface area contributed by atoms with E-state index in [1.165, 1.54) is 0 Å². The highest BCUT2D eigenvalue weighted by atomic mass is 14.8. The van der Waals surface area contributed by atoms with Gasteiger partial charge in [0.25, 0.3) is 0 Å². The lowest BCUT2D eigenvalue weighted by molar-refractivity contribution is 1.25. The van der Waals surface area contributed by atoms with Crippen molar-refractivity contribution in [2.45, 2.75) is 13.7 Å². The topological polar surface area (TPSA) is 28.7 Å². The zero-order chi connectivity index (χ0) is 15.5. The summed E-state index contributed by atoms with van der Waals surface area (Å²) in [5.74, 6) is 0. The molecular weight excluding hydrogens is 136 g/mol. The molecule has 0 atom stereocenters. The minimum atomic E-state index is -2.70. The molecule has 2 rings (SSSR count). The first-order chi connectivity index (χ1) is 8.94. The number of pyridine rings is 1. The number of fused-ring (bicyclic) bond motifs is 1. The number of aryl methyl sites for hydroxylation is 2. The van der Waals surface area contributed by atoms with Gasteiger partial charge >= 0.3 is 0 Å². The fourth-order valence-corrected chi connectivity index (χ4v) is 0.832. The number of aromatic amines is 1. The van der Waals surface area contributed by atoms with Gasteiger partial charge in [0.2, 0.25) is 0 Å².